The van der Waals surface area contributed by atoms with Gasteiger partial charge in [-0.05, 0) is 50.2 Å². The zero-order chi connectivity index (χ0) is 15.7. The Morgan fingerprint density at radius 1 is 1.14 bits per heavy atom. The van der Waals surface area contributed by atoms with Gasteiger partial charge in [0.15, 0.2) is 11.5 Å². The van der Waals surface area contributed by atoms with E-state index in [2.05, 4.69) is 5.32 Å². The molecule has 0 unspecified atom stereocenters. The average Bonchev–Trinajstić information content (AvgIpc) is 2.46. The number of para-hydroxylation sites is 1. The highest BCUT2D eigenvalue weighted by molar-refractivity contribution is 6.08. The summed E-state index contributed by atoms with van der Waals surface area (Å²) in [6.45, 7) is 3.81. The molecule has 1 aliphatic heterocycles. The molecular weight excluding hydrogens is 278 g/mol. The molecule has 1 heterocycles. The van der Waals surface area contributed by atoms with Crippen LogP contribution >= 0.6 is 0 Å². The predicted molar refractivity (Wildman–Crippen MR) is 84.7 cm³/mol. The lowest BCUT2D eigenvalue weighted by molar-refractivity contribution is 0.0816. The summed E-state index contributed by atoms with van der Waals surface area (Å²) in [4.78, 5) is 12.4. The molecule has 2 aromatic rings. The number of rotatable bonds is 2. The van der Waals surface area contributed by atoms with Gasteiger partial charge in [-0.25, -0.2) is 0 Å². The molecular formula is C18H17NO3. The number of carbonyl (C=O) groups is 1. The molecule has 3 rings (SSSR count). The van der Waals surface area contributed by atoms with Crippen LogP contribution in [0.25, 0.3) is 5.70 Å². The third kappa shape index (κ3) is 2.81. The van der Waals surface area contributed by atoms with Gasteiger partial charge >= 0.3 is 0 Å². The number of ether oxygens (including phenoxy) is 1. The van der Waals surface area contributed by atoms with Gasteiger partial charge in [-0.3, -0.25) is 4.79 Å². The van der Waals surface area contributed by atoms with E-state index in [4.69, 9.17) is 4.74 Å². The normalized spacial score (nSPS) is 17.3. The van der Waals surface area contributed by atoms with Crippen LogP contribution in [0.1, 0.15) is 29.8 Å². The first-order valence-corrected chi connectivity index (χ1v) is 7.06. The predicted octanol–water partition coefficient (Wildman–Crippen LogP) is 3.33. The minimum atomic E-state index is -0.588. The Balaban J connectivity index is 1.99. The molecule has 4 heteroatoms. The van der Waals surface area contributed by atoms with Crippen LogP contribution in [-0.4, -0.2) is 16.6 Å². The van der Waals surface area contributed by atoms with Crippen LogP contribution in [-0.2, 0) is 0 Å². The quantitative estimate of drug-likeness (QED) is 0.659. The minimum absolute atomic E-state index is 0.130. The maximum Gasteiger partial charge on any atom is 0.187 e. The van der Waals surface area contributed by atoms with Crippen LogP contribution in [0.5, 0.6) is 11.5 Å². The van der Waals surface area contributed by atoms with Crippen molar-refractivity contribution in [2.75, 3.05) is 0 Å². The first-order chi connectivity index (χ1) is 10.4. The van der Waals surface area contributed by atoms with Crippen molar-refractivity contribution in [2.24, 2.45) is 0 Å². The summed E-state index contributed by atoms with van der Waals surface area (Å²) in [6, 6.07) is 13.8. The van der Waals surface area contributed by atoms with Crippen LogP contribution in [0.3, 0.4) is 0 Å². The zero-order valence-electron chi connectivity index (χ0n) is 12.5. The van der Waals surface area contributed by atoms with Crippen LogP contribution in [0.2, 0.25) is 0 Å². The number of allylic oxidation sites excluding steroid dienone is 1. The van der Waals surface area contributed by atoms with Crippen molar-refractivity contribution in [1.29, 1.82) is 0 Å². The number of ketones is 1. The van der Waals surface area contributed by atoms with E-state index in [0.717, 1.165) is 17.0 Å². The maximum atomic E-state index is 12.4. The van der Waals surface area contributed by atoms with Crippen molar-refractivity contribution in [1.82, 2.24) is 5.32 Å². The maximum absolute atomic E-state index is 12.4. The standard InChI is InChI=1S/C18H17NO3/c1-18(2)19-15(14-5-3-4-6-17(14)22-18)11-16(21)12-7-9-13(20)10-8-12/h3-11,19-20H,1-2H3/b15-11+. The first-order valence-electron chi connectivity index (χ1n) is 7.06. The van der Waals surface area contributed by atoms with Crippen molar-refractivity contribution < 1.29 is 14.6 Å². The Morgan fingerprint density at radius 2 is 1.82 bits per heavy atom. The van der Waals surface area contributed by atoms with E-state index < -0.39 is 5.72 Å². The smallest absolute Gasteiger partial charge is 0.187 e. The van der Waals surface area contributed by atoms with Gasteiger partial charge in [0.25, 0.3) is 0 Å². The third-order valence-electron chi connectivity index (χ3n) is 3.41. The summed E-state index contributed by atoms with van der Waals surface area (Å²) >= 11 is 0. The van der Waals surface area contributed by atoms with E-state index >= 15 is 0 Å². The fraction of sp³-hybridized carbons (Fsp3) is 0.167. The number of phenols is 1. The van der Waals surface area contributed by atoms with Gasteiger partial charge in [0.2, 0.25) is 0 Å². The second-order valence-corrected chi connectivity index (χ2v) is 5.70. The van der Waals surface area contributed by atoms with Crippen molar-refractivity contribution >= 4 is 11.5 Å². The van der Waals surface area contributed by atoms with Crippen molar-refractivity contribution in [2.45, 2.75) is 19.6 Å². The highest BCUT2D eigenvalue weighted by Crippen LogP contribution is 2.33. The van der Waals surface area contributed by atoms with E-state index in [1.165, 1.54) is 12.1 Å². The molecule has 0 radical (unpaired) electrons. The van der Waals surface area contributed by atoms with Crippen molar-refractivity contribution in [3.05, 3.63) is 65.7 Å². The van der Waals surface area contributed by atoms with Gasteiger partial charge in [-0.2, -0.15) is 0 Å². The Labute approximate surface area is 129 Å². The SMILES string of the molecule is CC1(C)N/C(=C/C(=O)c2ccc(O)cc2)c2ccccc2O1. The van der Waals surface area contributed by atoms with Gasteiger partial charge in [-0.15, -0.1) is 0 Å². The van der Waals surface area contributed by atoms with E-state index in [0.29, 0.717) is 5.56 Å². The van der Waals surface area contributed by atoms with Crippen molar-refractivity contribution in [3.63, 3.8) is 0 Å². The van der Waals surface area contributed by atoms with Crippen molar-refractivity contribution in [3.8, 4) is 11.5 Å². The van der Waals surface area contributed by atoms with Gasteiger partial charge < -0.3 is 15.2 Å². The molecule has 2 N–H and O–H groups in total. The molecule has 0 fully saturated rings. The Hall–Kier alpha value is -2.75. The zero-order valence-corrected chi connectivity index (χ0v) is 12.5. The highest BCUT2D eigenvalue weighted by atomic mass is 16.5. The number of fused-ring (bicyclic) bond motifs is 1. The summed E-state index contributed by atoms with van der Waals surface area (Å²) in [5.74, 6) is 0.755. The number of hydrogen-bond donors (Lipinski definition) is 2. The second kappa shape index (κ2) is 5.22. The molecule has 0 atom stereocenters. The number of hydrogen-bond acceptors (Lipinski definition) is 4. The van der Waals surface area contributed by atoms with E-state index in [9.17, 15) is 9.90 Å². The minimum Gasteiger partial charge on any atom is -0.508 e. The fourth-order valence-electron chi connectivity index (χ4n) is 2.42. The molecule has 2 aromatic carbocycles. The molecule has 0 aliphatic carbocycles. The topological polar surface area (TPSA) is 58.6 Å². The fourth-order valence-corrected chi connectivity index (χ4v) is 2.42. The number of carbonyl (C=O) groups excluding carboxylic acids is 1. The third-order valence-corrected chi connectivity index (χ3v) is 3.41. The molecule has 0 aromatic heterocycles. The Bertz CT molecular complexity index is 745. The molecule has 0 saturated carbocycles. The molecule has 112 valence electrons. The molecule has 1 aliphatic rings. The molecule has 0 bridgehead atoms. The monoisotopic (exact) mass is 295 g/mol. The lowest BCUT2D eigenvalue weighted by Gasteiger charge is -2.36. The van der Waals surface area contributed by atoms with Gasteiger partial charge in [-0.1, -0.05) is 12.1 Å². The van der Waals surface area contributed by atoms with Gasteiger partial charge in [0, 0.05) is 17.2 Å². The molecule has 4 nitrogen and oxygen atoms in total. The summed E-state index contributed by atoms with van der Waals surface area (Å²) in [5, 5.41) is 12.5. The summed E-state index contributed by atoms with van der Waals surface area (Å²) < 4.78 is 5.86. The van der Waals surface area contributed by atoms with Gasteiger partial charge in [0.05, 0.1) is 5.70 Å². The Morgan fingerprint density at radius 3 is 2.55 bits per heavy atom. The van der Waals surface area contributed by atoms with Crippen LogP contribution in [0, 0.1) is 0 Å². The van der Waals surface area contributed by atoms with E-state index in [1.807, 2.05) is 38.1 Å². The van der Waals surface area contributed by atoms with Crippen LogP contribution in [0.15, 0.2) is 54.6 Å². The van der Waals surface area contributed by atoms with Crippen LogP contribution in [0.4, 0.5) is 0 Å². The number of nitrogens with one attached hydrogen (secondary N) is 1. The van der Waals surface area contributed by atoms with E-state index in [1.54, 1.807) is 18.2 Å². The summed E-state index contributed by atoms with van der Waals surface area (Å²) in [6.07, 6.45) is 1.56. The molecule has 0 amide bonds. The van der Waals surface area contributed by atoms with Crippen LogP contribution < -0.4 is 10.1 Å². The Kier molecular flexibility index (Phi) is 3.37. The number of benzene rings is 2. The highest BCUT2D eigenvalue weighted by Gasteiger charge is 2.29. The number of phenolic OH excluding ortho intramolecular Hbond substituents is 1. The van der Waals surface area contributed by atoms with Gasteiger partial charge in [0.1, 0.15) is 11.5 Å². The molecule has 22 heavy (non-hydrogen) atoms. The number of aromatic hydroxyl groups is 1. The largest absolute Gasteiger partial charge is 0.508 e. The second-order valence-electron chi connectivity index (χ2n) is 5.70. The molecule has 0 saturated heterocycles. The molecule has 0 spiro atoms. The lowest BCUT2D eigenvalue weighted by Crippen LogP contribution is -2.46. The lowest BCUT2D eigenvalue weighted by atomic mass is 10.0. The average molecular weight is 295 g/mol. The first kappa shape index (κ1) is 14.2. The summed E-state index contributed by atoms with van der Waals surface area (Å²) in [7, 11) is 0. The summed E-state index contributed by atoms with van der Waals surface area (Å²) in [5.41, 5.74) is 1.52. The van der Waals surface area contributed by atoms with E-state index in [-0.39, 0.29) is 11.5 Å².